The molecular weight excluding hydrogens is 290 g/mol. The van der Waals surface area contributed by atoms with E-state index in [1.165, 1.54) is 10.5 Å². The second-order valence-electron chi connectivity index (χ2n) is 4.66. The fraction of sp³-hybridized carbons (Fsp3) is 0.727. The van der Waals surface area contributed by atoms with Crippen LogP contribution in [0.1, 0.15) is 18.4 Å². The molecule has 2 heterocycles. The number of methoxy groups -OCH3 is 1. The Morgan fingerprint density at radius 1 is 1.53 bits per heavy atom. The van der Waals surface area contributed by atoms with E-state index in [0.29, 0.717) is 31.2 Å². The zero-order chi connectivity index (χ0) is 13.9. The average molecular weight is 308 g/mol. The number of aromatic amines is 1. The number of rotatable bonds is 5. The summed E-state index contributed by atoms with van der Waals surface area (Å²) < 4.78 is 31.5. The Hall–Kier alpha value is -0.630. The van der Waals surface area contributed by atoms with Gasteiger partial charge in [0, 0.05) is 32.4 Å². The lowest BCUT2D eigenvalue weighted by Gasteiger charge is -2.30. The van der Waals surface area contributed by atoms with E-state index in [2.05, 4.69) is 10.2 Å². The first-order valence-corrected chi connectivity index (χ1v) is 8.14. The number of sulfonamides is 1. The maximum atomic E-state index is 12.5. The quantitative estimate of drug-likeness (QED) is 0.829. The summed E-state index contributed by atoms with van der Waals surface area (Å²) in [7, 11) is -1.84. The fourth-order valence-corrected chi connectivity index (χ4v) is 4.15. The van der Waals surface area contributed by atoms with Crippen molar-refractivity contribution in [1.82, 2.24) is 14.5 Å². The van der Waals surface area contributed by atoms with Crippen molar-refractivity contribution in [2.24, 2.45) is 5.92 Å². The van der Waals surface area contributed by atoms with Crippen molar-refractivity contribution in [2.75, 3.05) is 26.8 Å². The smallest absolute Gasteiger partial charge is 0.260 e. The van der Waals surface area contributed by atoms with Crippen molar-refractivity contribution < 1.29 is 13.2 Å². The fourth-order valence-electron chi connectivity index (χ4n) is 2.30. The molecule has 1 saturated heterocycles. The topological polar surface area (TPSA) is 75.3 Å². The molecule has 1 aromatic rings. The lowest BCUT2D eigenvalue weighted by Crippen LogP contribution is -2.39. The molecule has 0 aromatic carbocycles. The van der Waals surface area contributed by atoms with Crippen LogP contribution in [0.3, 0.4) is 0 Å². The zero-order valence-corrected chi connectivity index (χ0v) is 12.4. The Bertz CT molecular complexity index is 509. The number of piperidine rings is 1. The third kappa shape index (κ3) is 3.10. The number of hydrogen-bond donors (Lipinski definition) is 1. The van der Waals surface area contributed by atoms with Crippen LogP contribution in [0, 0.1) is 5.92 Å². The van der Waals surface area contributed by atoms with Crippen LogP contribution < -0.4 is 0 Å². The zero-order valence-electron chi connectivity index (χ0n) is 10.8. The Kier molecular flexibility index (Phi) is 4.83. The van der Waals surface area contributed by atoms with Gasteiger partial charge in [-0.15, -0.1) is 11.6 Å². The minimum Gasteiger partial charge on any atom is -0.384 e. The molecule has 1 fully saturated rings. The van der Waals surface area contributed by atoms with E-state index in [4.69, 9.17) is 16.3 Å². The molecule has 1 aromatic heterocycles. The van der Waals surface area contributed by atoms with Crippen LogP contribution in [0.25, 0.3) is 0 Å². The van der Waals surface area contributed by atoms with Gasteiger partial charge in [0.1, 0.15) is 0 Å². The van der Waals surface area contributed by atoms with Crippen LogP contribution >= 0.6 is 11.6 Å². The van der Waals surface area contributed by atoms with Gasteiger partial charge in [-0.3, -0.25) is 5.10 Å². The highest BCUT2D eigenvalue weighted by Crippen LogP contribution is 2.25. The summed E-state index contributed by atoms with van der Waals surface area (Å²) in [5.41, 5.74) is 0.515. The third-order valence-corrected chi connectivity index (χ3v) is 5.60. The standard InChI is InChI=1S/C11H18ClN3O3S/c1-18-8-9-2-4-15(5-3-9)19(16,17)11-10(6-12)7-13-14-11/h7,9H,2-6,8H2,1H3,(H,13,14). The van der Waals surface area contributed by atoms with Crippen molar-refractivity contribution >= 4 is 21.6 Å². The van der Waals surface area contributed by atoms with E-state index in [0.717, 1.165) is 12.8 Å². The highest BCUT2D eigenvalue weighted by Gasteiger charge is 2.31. The predicted molar refractivity (Wildman–Crippen MR) is 71.5 cm³/mol. The molecule has 0 saturated carbocycles. The molecule has 1 N–H and O–H groups in total. The largest absolute Gasteiger partial charge is 0.384 e. The highest BCUT2D eigenvalue weighted by molar-refractivity contribution is 7.89. The maximum Gasteiger partial charge on any atom is 0.260 e. The summed E-state index contributed by atoms with van der Waals surface area (Å²) >= 11 is 5.72. The number of H-pyrrole nitrogens is 1. The Morgan fingerprint density at radius 3 is 2.79 bits per heavy atom. The molecule has 0 unspecified atom stereocenters. The predicted octanol–water partition coefficient (Wildman–Crippen LogP) is 1.20. The summed E-state index contributed by atoms with van der Waals surface area (Å²) in [5.74, 6) is 0.566. The summed E-state index contributed by atoms with van der Waals surface area (Å²) in [6, 6.07) is 0. The van der Waals surface area contributed by atoms with E-state index >= 15 is 0 Å². The highest BCUT2D eigenvalue weighted by atomic mass is 35.5. The number of hydrogen-bond acceptors (Lipinski definition) is 4. The first-order chi connectivity index (χ1) is 9.09. The van der Waals surface area contributed by atoms with E-state index in [1.54, 1.807) is 7.11 Å². The monoisotopic (exact) mass is 307 g/mol. The molecule has 0 aliphatic carbocycles. The molecule has 0 atom stereocenters. The van der Waals surface area contributed by atoms with Crippen LogP contribution in [-0.2, 0) is 20.6 Å². The average Bonchev–Trinajstić information content (AvgIpc) is 2.89. The number of nitrogens with one attached hydrogen (secondary N) is 1. The lowest BCUT2D eigenvalue weighted by molar-refractivity contribution is 0.121. The van der Waals surface area contributed by atoms with Crippen LogP contribution in [0.15, 0.2) is 11.2 Å². The van der Waals surface area contributed by atoms with Crippen molar-refractivity contribution in [2.45, 2.75) is 23.7 Å². The molecule has 0 radical (unpaired) electrons. The van der Waals surface area contributed by atoms with Crippen LogP contribution in [0.4, 0.5) is 0 Å². The second kappa shape index (κ2) is 6.21. The molecule has 8 heteroatoms. The first kappa shape index (κ1) is 14.8. The van der Waals surface area contributed by atoms with Crippen LogP contribution in [0.5, 0.6) is 0 Å². The molecule has 1 aliphatic rings. The first-order valence-electron chi connectivity index (χ1n) is 6.17. The molecule has 1 aliphatic heterocycles. The van der Waals surface area contributed by atoms with E-state index < -0.39 is 10.0 Å². The Labute approximate surface area is 118 Å². The number of halogens is 1. The lowest BCUT2D eigenvalue weighted by atomic mass is 9.99. The Balaban J connectivity index is 2.10. The minimum absolute atomic E-state index is 0.118. The van der Waals surface area contributed by atoms with Gasteiger partial charge < -0.3 is 4.74 Å². The molecule has 2 rings (SSSR count). The minimum atomic E-state index is -3.51. The maximum absolute atomic E-state index is 12.5. The molecule has 0 bridgehead atoms. The number of alkyl halides is 1. The summed E-state index contributed by atoms with van der Waals surface area (Å²) in [6.07, 6.45) is 3.09. The Morgan fingerprint density at radius 2 is 2.21 bits per heavy atom. The molecule has 0 spiro atoms. The van der Waals surface area contributed by atoms with E-state index in [9.17, 15) is 8.42 Å². The van der Waals surface area contributed by atoms with Gasteiger partial charge in [-0.05, 0) is 18.8 Å². The van der Waals surface area contributed by atoms with Gasteiger partial charge in [0.15, 0.2) is 5.03 Å². The van der Waals surface area contributed by atoms with Crippen molar-refractivity contribution in [3.63, 3.8) is 0 Å². The summed E-state index contributed by atoms with van der Waals surface area (Å²) in [4.78, 5) is 0. The number of aromatic nitrogens is 2. The van der Waals surface area contributed by atoms with Crippen molar-refractivity contribution in [1.29, 1.82) is 0 Å². The normalized spacial score (nSPS) is 18.8. The van der Waals surface area contributed by atoms with E-state index in [1.807, 2.05) is 0 Å². The van der Waals surface area contributed by atoms with Crippen LogP contribution in [0.2, 0.25) is 0 Å². The van der Waals surface area contributed by atoms with Gasteiger partial charge >= 0.3 is 0 Å². The SMILES string of the molecule is COCC1CCN(S(=O)(=O)c2[nH]ncc2CCl)CC1. The second-order valence-corrected chi connectivity index (χ2v) is 6.80. The van der Waals surface area contributed by atoms with Gasteiger partial charge in [-0.2, -0.15) is 9.40 Å². The van der Waals surface area contributed by atoms with Crippen LogP contribution in [-0.4, -0.2) is 49.7 Å². The molecule has 6 nitrogen and oxygen atoms in total. The summed E-state index contributed by atoms with van der Waals surface area (Å²) in [6.45, 7) is 1.71. The molecule has 19 heavy (non-hydrogen) atoms. The van der Waals surface area contributed by atoms with Crippen molar-refractivity contribution in [3.05, 3.63) is 11.8 Å². The third-order valence-electron chi connectivity index (χ3n) is 3.40. The molecule has 108 valence electrons. The van der Waals surface area contributed by atoms with Gasteiger partial charge in [-0.1, -0.05) is 0 Å². The van der Waals surface area contributed by atoms with Gasteiger partial charge in [-0.25, -0.2) is 8.42 Å². The molecule has 0 amide bonds. The van der Waals surface area contributed by atoms with Crippen molar-refractivity contribution in [3.8, 4) is 0 Å². The summed E-state index contributed by atoms with van der Waals surface area (Å²) in [5, 5.41) is 6.42. The van der Waals surface area contributed by atoms with Gasteiger partial charge in [0.05, 0.1) is 12.1 Å². The number of ether oxygens (including phenoxy) is 1. The van der Waals surface area contributed by atoms with Gasteiger partial charge in [0.2, 0.25) is 0 Å². The van der Waals surface area contributed by atoms with Gasteiger partial charge in [0.25, 0.3) is 10.0 Å². The number of nitrogens with zero attached hydrogens (tertiary/aromatic N) is 2. The van der Waals surface area contributed by atoms with E-state index in [-0.39, 0.29) is 10.9 Å². The molecular formula is C11H18ClN3O3S.